The van der Waals surface area contributed by atoms with Crippen molar-refractivity contribution in [3.8, 4) is 5.75 Å². The third-order valence-corrected chi connectivity index (χ3v) is 4.68. The number of aromatic nitrogens is 4. The zero-order valence-electron chi connectivity index (χ0n) is 16.2. The predicted octanol–water partition coefficient (Wildman–Crippen LogP) is 2.48. The van der Waals surface area contributed by atoms with Crippen LogP contribution in [0.15, 0.2) is 51.9 Å². The molecule has 1 amide bonds. The van der Waals surface area contributed by atoms with Crippen molar-refractivity contribution in [2.75, 3.05) is 12.0 Å². The largest absolute Gasteiger partial charge is 0.497 e. The van der Waals surface area contributed by atoms with E-state index in [0.29, 0.717) is 17.0 Å². The summed E-state index contributed by atoms with van der Waals surface area (Å²) in [6.45, 7) is 3.64. The molecule has 0 atom stereocenters. The summed E-state index contributed by atoms with van der Waals surface area (Å²) in [7, 11) is 1.59. The first-order valence-corrected chi connectivity index (χ1v) is 8.92. The molecular weight excluding hydrogens is 374 g/mol. The summed E-state index contributed by atoms with van der Waals surface area (Å²) < 4.78 is 11.7. The van der Waals surface area contributed by atoms with Gasteiger partial charge in [0, 0.05) is 11.3 Å². The number of rotatable bonds is 5. The topological polar surface area (TPSA) is 106 Å². The number of amides is 1. The van der Waals surface area contributed by atoms with Gasteiger partial charge in [0.05, 0.1) is 19.9 Å². The van der Waals surface area contributed by atoms with Crippen LogP contribution in [0.1, 0.15) is 27.4 Å². The van der Waals surface area contributed by atoms with Gasteiger partial charge in [-0.05, 0) is 43.7 Å². The molecular formula is C20H19N5O4. The van der Waals surface area contributed by atoms with Crippen LogP contribution in [-0.4, -0.2) is 32.6 Å². The minimum absolute atomic E-state index is 0.159. The first-order valence-electron chi connectivity index (χ1n) is 8.92. The number of ether oxygens (including phenoxy) is 1. The van der Waals surface area contributed by atoms with Gasteiger partial charge in [-0.25, -0.2) is 4.98 Å². The van der Waals surface area contributed by atoms with Gasteiger partial charge in [0.2, 0.25) is 5.95 Å². The van der Waals surface area contributed by atoms with Gasteiger partial charge in [-0.3, -0.25) is 19.6 Å². The number of methoxy groups -OCH3 is 1. The van der Waals surface area contributed by atoms with Crippen LogP contribution in [0.25, 0.3) is 5.78 Å². The van der Waals surface area contributed by atoms with E-state index in [-0.39, 0.29) is 29.6 Å². The van der Waals surface area contributed by atoms with Crippen molar-refractivity contribution < 1.29 is 13.9 Å². The minimum Gasteiger partial charge on any atom is -0.497 e. The number of fused-ring (bicyclic) bond motifs is 1. The van der Waals surface area contributed by atoms with Crippen molar-refractivity contribution in [2.24, 2.45) is 0 Å². The van der Waals surface area contributed by atoms with Crippen molar-refractivity contribution in [2.45, 2.75) is 20.4 Å². The maximum Gasteiger partial charge on any atom is 0.296 e. The van der Waals surface area contributed by atoms with E-state index in [9.17, 15) is 9.59 Å². The van der Waals surface area contributed by atoms with Gasteiger partial charge in [-0.1, -0.05) is 12.1 Å². The first-order chi connectivity index (χ1) is 14.0. The number of hydrogen-bond acceptors (Lipinski definition) is 6. The molecule has 4 rings (SSSR count). The average Bonchev–Trinajstić information content (AvgIpc) is 3.40. The first kappa shape index (κ1) is 18.5. The molecule has 0 aliphatic rings. The fourth-order valence-electron chi connectivity index (χ4n) is 2.90. The molecule has 29 heavy (non-hydrogen) atoms. The lowest BCUT2D eigenvalue weighted by molar-refractivity contribution is 0.0956. The number of nitrogens with one attached hydrogen (secondary N) is 1. The zero-order chi connectivity index (χ0) is 20.5. The molecule has 0 saturated carbocycles. The van der Waals surface area contributed by atoms with Gasteiger partial charge >= 0.3 is 0 Å². The van der Waals surface area contributed by atoms with E-state index < -0.39 is 5.91 Å². The normalized spacial score (nSPS) is 11.0. The molecule has 9 nitrogen and oxygen atoms in total. The standard InChI is InChI=1S/C20H19N5O4/c1-12-13(2)21-19-22-20(23-25(19)17(12)26)24(18(27)16-5-4-10-29-16)11-14-6-8-15(28-3)9-7-14/h4-10H,11H2,1-3H3,(H,21,22,23). The van der Waals surface area contributed by atoms with E-state index in [1.54, 1.807) is 33.1 Å². The quantitative estimate of drug-likeness (QED) is 0.558. The van der Waals surface area contributed by atoms with Crippen molar-refractivity contribution in [1.29, 1.82) is 0 Å². The Morgan fingerprint density at radius 3 is 2.62 bits per heavy atom. The summed E-state index contributed by atoms with van der Waals surface area (Å²) in [5, 5.41) is 2.89. The van der Waals surface area contributed by atoms with E-state index in [2.05, 4.69) is 15.1 Å². The van der Waals surface area contributed by atoms with Crippen LogP contribution in [-0.2, 0) is 6.54 Å². The summed E-state index contributed by atoms with van der Waals surface area (Å²) in [6, 6.07) is 10.5. The maximum absolute atomic E-state index is 13.1. The predicted molar refractivity (Wildman–Crippen MR) is 105 cm³/mol. The van der Waals surface area contributed by atoms with E-state index in [0.717, 1.165) is 5.56 Å². The third-order valence-electron chi connectivity index (χ3n) is 4.68. The van der Waals surface area contributed by atoms with Crippen LogP contribution in [0.2, 0.25) is 0 Å². The number of anilines is 1. The van der Waals surface area contributed by atoms with Gasteiger partial charge < -0.3 is 9.15 Å². The van der Waals surface area contributed by atoms with Crippen molar-refractivity contribution >= 4 is 17.6 Å². The van der Waals surface area contributed by atoms with E-state index in [4.69, 9.17) is 9.15 Å². The zero-order valence-corrected chi connectivity index (χ0v) is 16.2. The van der Waals surface area contributed by atoms with Crippen LogP contribution >= 0.6 is 0 Å². The molecule has 0 aliphatic heterocycles. The highest BCUT2D eigenvalue weighted by atomic mass is 16.5. The molecule has 0 spiro atoms. The number of aryl methyl sites for hydroxylation is 1. The minimum atomic E-state index is -0.397. The lowest BCUT2D eigenvalue weighted by atomic mass is 10.2. The van der Waals surface area contributed by atoms with Gasteiger partial charge in [-0.2, -0.15) is 9.50 Å². The Labute approximate surface area is 165 Å². The highest BCUT2D eigenvalue weighted by Crippen LogP contribution is 2.19. The second kappa shape index (κ2) is 7.27. The Kier molecular flexibility index (Phi) is 4.63. The molecule has 0 saturated heterocycles. The highest BCUT2D eigenvalue weighted by Gasteiger charge is 2.24. The number of benzene rings is 1. The molecule has 3 heterocycles. The molecule has 1 aromatic carbocycles. The Hall–Kier alpha value is -3.88. The molecule has 0 fully saturated rings. The Morgan fingerprint density at radius 2 is 1.97 bits per heavy atom. The van der Waals surface area contributed by atoms with Crippen LogP contribution in [0.3, 0.4) is 0 Å². The lowest BCUT2D eigenvalue weighted by Gasteiger charge is -2.18. The van der Waals surface area contributed by atoms with Gasteiger partial charge in [0.15, 0.2) is 5.76 Å². The van der Waals surface area contributed by atoms with E-state index in [1.165, 1.54) is 15.7 Å². The monoisotopic (exact) mass is 393 g/mol. The molecule has 4 aromatic rings. The van der Waals surface area contributed by atoms with Crippen LogP contribution < -0.4 is 15.2 Å². The number of H-pyrrole nitrogens is 1. The number of carbonyl (C=O) groups excluding carboxylic acids is 1. The smallest absolute Gasteiger partial charge is 0.296 e. The summed E-state index contributed by atoms with van der Waals surface area (Å²) in [5.41, 5.74) is 1.68. The fraction of sp³-hybridized carbons (Fsp3) is 0.200. The second-order valence-electron chi connectivity index (χ2n) is 6.53. The van der Waals surface area contributed by atoms with Crippen molar-refractivity contribution in [3.63, 3.8) is 0 Å². The second-order valence-corrected chi connectivity index (χ2v) is 6.53. The average molecular weight is 393 g/mol. The highest BCUT2D eigenvalue weighted by molar-refractivity contribution is 6.03. The molecule has 0 bridgehead atoms. The summed E-state index contributed by atoms with van der Waals surface area (Å²) >= 11 is 0. The third kappa shape index (κ3) is 3.38. The van der Waals surface area contributed by atoms with E-state index in [1.807, 2.05) is 24.3 Å². The molecule has 1 N–H and O–H groups in total. The van der Waals surface area contributed by atoms with Crippen LogP contribution in [0.5, 0.6) is 5.75 Å². The number of carbonyl (C=O) groups is 1. The number of furan rings is 1. The van der Waals surface area contributed by atoms with Crippen molar-refractivity contribution in [3.05, 3.63) is 75.6 Å². The van der Waals surface area contributed by atoms with Gasteiger partial charge in [-0.15, -0.1) is 0 Å². The molecule has 0 radical (unpaired) electrons. The van der Waals surface area contributed by atoms with Gasteiger partial charge in [0.25, 0.3) is 17.2 Å². The Morgan fingerprint density at radius 1 is 1.21 bits per heavy atom. The van der Waals surface area contributed by atoms with Crippen LogP contribution in [0, 0.1) is 13.8 Å². The summed E-state index contributed by atoms with van der Waals surface area (Å²) in [5.74, 6) is 0.859. The Balaban J connectivity index is 1.79. The fourth-order valence-corrected chi connectivity index (χ4v) is 2.90. The van der Waals surface area contributed by atoms with Crippen LogP contribution in [0.4, 0.5) is 5.95 Å². The number of hydrogen-bond donors (Lipinski definition) is 1. The number of nitrogens with zero attached hydrogens (tertiary/aromatic N) is 4. The molecule has 9 heteroatoms. The maximum atomic E-state index is 13.1. The molecule has 3 aromatic heterocycles. The molecule has 0 unspecified atom stereocenters. The summed E-state index contributed by atoms with van der Waals surface area (Å²) in [4.78, 5) is 35.7. The lowest BCUT2D eigenvalue weighted by Crippen LogP contribution is -2.31. The summed E-state index contributed by atoms with van der Waals surface area (Å²) in [6.07, 6.45) is 1.43. The molecule has 148 valence electrons. The van der Waals surface area contributed by atoms with E-state index >= 15 is 0 Å². The van der Waals surface area contributed by atoms with Gasteiger partial charge in [0.1, 0.15) is 5.75 Å². The van der Waals surface area contributed by atoms with Crippen molar-refractivity contribution in [1.82, 2.24) is 19.6 Å². The molecule has 0 aliphatic carbocycles. The number of aromatic amines is 1. The SMILES string of the molecule is COc1ccc(CN(C(=O)c2ccco2)c2nc3nc(C)c(C)c(=O)n3[nH]2)cc1. The Bertz CT molecular complexity index is 1220.